The van der Waals surface area contributed by atoms with Crippen LogP contribution in [0.4, 0.5) is 19.3 Å². The summed E-state index contributed by atoms with van der Waals surface area (Å²) in [6.07, 6.45) is 1.53. The number of nitrogens with zero attached hydrogens (tertiary/aromatic N) is 3. The van der Waals surface area contributed by atoms with Gasteiger partial charge < -0.3 is 10.6 Å². The van der Waals surface area contributed by atoms with Crippen LogP contribution in [0, 0.1) is 11.6 Å². The zero-order valence-corrected chi connectivity index (χ0v) is 18.0. The Bertz CT molecular complexity index is 1050. The molecule has 8 heteroatoms. The third-order valence-electron chi connectivity index (χ3n) is 5.70. The van der Waals surface area contributed by atoms with E-state index in [1.165, 1.54) is 30.5 Å². The highest BCUT2D eigenvalue weighted by Crippen LogP contribution is 2.31. The molecule has 3 aromatic carbocycles. The Morgan fingerprint density at radius 2 is 1.36 bits per heavy atom. The third kappa shape index (κ3) is 5.72. The molecule has 0 bridgehead atoms. The number of nitrogens with two attached hydrogens (primary N) is 1. The molecule has 3 aromatic rings. The molecule has 0 unspecified atom stereocenters. The molecule has 0 aromatic heterocycles. The number of carbonyl (C=O) groups excluding carboxylic acids is 1. The van der Waals surface area contributed by atoms with Gasteiger partial charge in [0, 0.05) is 31.9 Å². The van der Waals surface area contributed by atoms with Gasteiger partial charge in [-0.05, 0) is 53.1 Å². The summed E-state index contributed by atoms with van der Waals surface area (Å²) in [6, 6.07) is 20.1. The number of urea groups is 1. The summed E-state index contributed by atoms with van der Waals surface area (Å²) in [5.41, 5.74) is 11.1. The summed E-state index contributed by atoms with van der Waals surface area (Å²) in [5, 5.41) is 3.76. The molecule has 0 spiro atoms. The molecule has 3 N–H and O–H groups in total. The average Bonchev–Trinajstić information content (AvgIpc) is 2.82. The van der Waals surface area contributed by atoms with E-state index in [4.69, 9.17) is 5.73 Å². The Labute approximate surface area is 191 Å². The SMILES string of the molecule is NC(=O)NN=Cc1ccc(N2CCN(C(c3ccc(F)cc3)c3ccc(F)cc3)CC2)cc1. The van der Waals surface area contributed by atoms with Crippen LogP contribution in [-0.2, 0) is 0 Å². The van der Waals surface area contributed by atoms with E-state index in [9.17, 15) is 13.6 Å². The second kappa shape index (κ2) is 10.2. The maximum absolute atomic E-state index is 13.5. The van der Waals surface area contributed by atoms with Crippen molar-refractivity contribution in [2.75, 3.05) is 31.1 Å². The van der Waals surface area contributed by atoms with E-state index in [1.54, 1.807) is 24.3 Å². The number of hydrazone groups is 1. The Kier molecular flexibility index (Phi) is 6.95. The van der Waals surface area contributed by atoms with Gasteiger partial charge in [0.05, 0.1) is 12.3 Å². The van der Waals surface area contributed by atoms with Crippen LogP contribution in [0.5, 0.6) is 0 Å². The fourth-order valence-electron chi connectivity index (χ4n) is 4.08. The molecule has 33 heavy (non-hydrogen) atoms. The number of primary amides is 1. The molecule has 170 valence electrons. The van der Waals surface area contributed by atoms with Gasteiger partial charge in [-0.15, -0.1) is 0 Å². The number of nitrogens with one attached hydrogen (secondary N) is 1. The normalized spacial score (nSPS) is 14.7. The molecule has 1 aliphatic rings. The summed E-state index contributed by atoms with van der Waals surface area (Å²) in [4.78, 5) is 15.3. The van der Waals surface area contributed by atoms with Gasteiger partial charge in [-0.25, -0.2) is 19.0 Å². The van der Waals surface area contributed by atoms with E-state index in [2.05, 4.69) is 20.3 Å². The predicted octanol–water partition coefficient (Wildman–Crippen LogP) is 3.88. The Balaban J connectivity index is 1.46. The van der Waals surface area contributed by atoms with Crippen LogP contribution in [0.3, 0.4) is 0 Å². The van der Waals surface area contributed by atoms with Gasteiger partial charge in [-0.2, -0.15) is 5.10 Å². The van der Waals surface area contributed by atoms with E-state index < -0.39 is 6.03 Å². The summed E-state index contributed by atoms with van der Waals surface area (Å²) >= 11 is 0. The third-order valence-corrected chi connectivity index (χ3v) is 5.70. The Morgan fingerprint density at radius 1 is 0.848 bits per heavy atom. The van der Waals surface area contributed by atoms with Crippen molar-refractivity contribution in [2.24, 2.45) is 10.8 Å². The van der Waals surface area contributed by atoms with E-state index in [0.717, 1.165) is 48.6 Å². The maximum Gasteiger partial charge on any atom is 0.332 e. The fraction of sp³-hybridized carbons (Fsp3) is 0.200. The van der Waals surface area contributed by atoms with Gasteiger partial charge >= 0.3 is 6.03 Å². The zero-order valence-electron chi connectivity index (χ0n) is 18.0. The van der Waals surface area contributed by atoms with Crippen molar-refractivity contribution in [3.8, 4) is 0 Å². The van der Waals surface area contributed by atoms with Crippen molar-refractivity contribution in [1.82, 2.24) is 10.3 Å². The van der Waals surface area contributed by atoms with Crippen molar-refractivity contribution in [3.05, 3.63) is 101 Å². The fourth-order valence-corrected chi connectivity index (χ4v) is 4.08. The highest BCUT2D eigenvalue weighted by molar-refractivity contribution is 5.82. The van der Waals surface area contributed by atoms with Crippen molar-refractivity contribution < 1.29 is 13.6 Å². The lowest BCUT2D eigenvalue weighted by Gasteiger charge is -2.40. The molecule has 6 nitrogen and oxygen atoms in total. The van der Waals surface area contributed by atoms with Crippen molar-refractivity contribution in [2.45, 2.75) is 6.04 Å². The molecule has 1 heterocycles. The van der Waals surface area contributed by atoms with E-state index in [0.29, 0.717) is 0 Å². The summed E-state index contributed by atoms with van der Waals surface area (Å²) in [5.74, 6) is -0.555. The van der Waals surface area contributed by atoms with E-state index >= 15 is 0 Å². The van der Waals surface area contributed by atoms with Crippen LogP contribution in [0.1, 0.15) is 22.7 Å². The Morgan fingerprint density at radius 3 is 1.85 bits per heavy atom. The molecule has 0 saturated carbocycles. The first kappa shape index (κ1) is 22.4. The first-order valence-corrected chi connectivity index (χ1v) is 10.7. The zero-order chi connectivity index (χ0) is 23.2. The summed E-state index contributed by atoms with van der Waals surface area (Å²) < 4.78 is 27.0. The molecule has 0 radical (unpaired) electrons. The lowest BCUT2D eigenvalue weighted by Crippen LogP contribution is -2.48. The van der Waals surface area contributed by atoms with Crippen LogP contribution >= 0.6 is 0 Å². The molecule has 1 fully saturated rings. The highest BCUT2D eigenvalue weighted by Gasteiger charge is 2.26. The first-order valence-electron chi connectivity index (χ1n) is 10.7. The lowest BCUT2D eigenvalue weighted by molar-refractivity contribution is 0.212. The molecular weight excluding hydrogens is 424 g/mol. The second-order valence-electron chi connectivity index (χ2n) is 7.85. The van der Waals surface area contributed by atoms with Crippen molar-refractivity contribution in [1.29, 1.82) is 0 Å². The van der Waals surface area contributed by atoms with Crippen molar-refractivity contribution in [3.63, 3.8) is 0 Å². The molecular formula is C25H25F2N5O. The number of hydrogen-bond acceptors (Lipinski definition) is 4. The molecule has 0 atom stereocenters. The topological polar surface area (TPSA) is 74.0 Å². The second-order valence-corrected chi connectivity index (χ2v) is 7.85. The lowest BCUT2D eigenvalue weighted by atomic mass is 9.96. The van der Waals surface area contributed by atoms with Crippen LogP contribution in [0.25, 0.3) is 0 Å². The average molecular weight is 450 g/mol. The first-order chi connectivity index (χ1) is 16.0. The number of benzene rings is 3. The number of piperazine rings is 1. The minimum atomic E-state index is -0.708. The van der Waals surface area contributed by atoms with E-state index in [-0.39, 0.29) is 17.7 Å². The predicted molar refractivity (Wildman–Crippen MR) is 125 cm³/mol. The summed E-state index contributed by atoms with van der Waals surface area (Å²) in [6.45, 7) is 3.22. The minimum absolute atomic E-state index is 0.0790. The largest absolute Gasteiger partial charge is 0.369 e. The van der Waals surface area contributed by atoms with Gasteiger partial charge in [0.2, 0.25) is 0 Å². The van der Waals surface area contributed by atoms with Gasteiger partial charge in [-0.1, -0.05) is 36.4 Å². The van der Waals surface area contributed by atoms with Crippen LogP contribution < -0.4 is 16.1 Å². The van der Waals surface area contributed by atoms with Gasteiger partial charge in [0.25, 0.3) is 0 Å². The number of halogens is 2. The van der Waals surface area contributed by atoms with E-state index in [1.807, 2.05) is 24.3 Å². The van der Waals surface area contributed by atoms with Gasteiger partial charge in [0.1, 0.15) is 11.6 Å². The standard InChI is InChI=1S/C25H25F2N5O/c26-21-7-3-19(4-8-21)24(20-5-9-22(27)10-6-20)32-15-13-31(14-16-32)23-11-1-18(2-12-23)17-29-30-25(28)33/h1-12,17,24H,13-16H2,(H3,28,30,33). The maximum atomic E-state index is 13.5. The molecule has 2 amide bonds. The van der Waals surface area contributed by atoms with Crippen LogP contribution in [0.2, 0.25) is 0 Å². The number of anilines is 1. The number of hydrogen-bond donors (Lipinski definition) is 2. The number of amides is 2. The molecule has 4 rings (SSSR count). The molecule has 1 aliphatic heterocycles. The Hall–Kier alpha value is -3.78. The number of carbonyl (C=O) groups is 1. The minimum Gasteiger partial charge on any atom is -0.369 e. The number of rotatable bonds is 6. The monoisotopic (exact) mass is 449 g/mol. The van der Waals surface area contributed by atoms with Crippen molar-refractivity contribution >= 4 is 17.9 Å². The van der Waals surface area contributed by atoms with Crippen LogP contribution in [0.15, 0.2) is 77.9 Å². The molecule has 1 saturated heterocycles. The highest BCUT2D eigenvalue weighted by atomic mass is 19.1. The quantitative estimate of drug-likeness (QED) is 0.443. The summed E-state index contributed by atoms with van der Waals surface area (Å²) in [7, 11) is 0. The van der Waals surface area contributed by atoms with Gasteiger partial charge in [0.15, 0.2) is 0 Å². The molecule has 0 aliphatic carbocycles. The smallest absolute Gasteiger partial charge is 0.332 e. The van der Waals surface area contributed by atoms with Gasteiger partial charge in [-0.3, -0.25) is 4.90 Å². The van der Waals surface area contributed by atoms with Crippen LogP contribution in [-0.4, -0.2) is 43.3 Å².